The maximum Gasteiger partial charge on any atom is 0.167 e. The summed E-state index contributed by atoms with van der Waals surface area (Å²) in [4.78, 5) is 12.6. The lowest BCUT2D eigenvalue weighted by Gasteiger charge is -2.09. The molecule has 1 heterocycles. The van der Waals surface area contributed by atoms with Crippen LogP contribution in [0.4, 0.5) is 0 Å². The van der Waals surface area contributed by atoms with Crippen molar-refractivity contribution in [2.45, 2.75) is 19.3 Å². The molecule has 2 aromatic rings. The van der Waals surface area contributed by atoms with Crippen molar-refractivity contribution in [1.82, 2.24) is 0 Å². The van der Waals surface area contributed by atoms with Gasteiger partial charge < -0.3 is 0 Å². The predicted molar refractivity (Wildman–Crippen MR) is 78.2 cm³/mol. The van der Waals surface area contributed by atoms with E-state index >= 15 is 0 Å². The normalized spacial score (nSPS) is 29.5. The highest BCUT2D eigenvalue weighted by Gasteiger charge is 2.48. The molecule has 1 nitrogen and oxygen atoms in total. The molecule has 0 spiro atoms. The molecule has 2 aliphatic rings. The Morgan fingerprint density at radius 1 is 1.22 bits per heavy atom. The Labute approximate surface area is 118 Å². The number of carbonyl (C=O) groups excluding carboxylic acids is 1. The number of thiophene rings is 1. The number of benzene rings is 1. The lowest BCUT2D eigenvalue weighted by Crippen LogP contribution is -2.12. The molecule has 0 saturated heterocycles. The second kappa shape index (κ2) is 3.91. The summed E-state index contributed by atoms with van der Waals surface area (Å²) in [5.74, 6) is 2.42. The van der Waals surface area contributed by atoms with E-state index in [0.717, 1.165) is 40.1 Å². The molecule has 2 unspecified atom stereocenters. The van der Waals surface area contributed by atoms with E-state index in [1.165, 1.54) is 11.1 Å². The Kier molecular flexibility index (Phi) is 2.43. The average Bonchev–Trinajstić information content (AvgIpc) is 2.81. The molecule has 1 aromatic heterocycles. The minimum absolute atomic E-state index is 0.297. The molecular formula is C15H13BrOS. The second-order valence-electron chi connectivity index (χ2n) is 5.55. The number of ketones is 1. The molecule has 0 amide bonds. The Bertz CT molecular complexity index is 635. The summed E-state index contributed by atoms with van der Waals surface area (Å²) in [5, 5.41) is 3.17. The zero-order valence-electron chi connectivity index (χ0n) is 9.86. The van der Waals surface area contributed by atoms with Crippen LogP contribution in [0.5, 0.6) is 0 Å². The van der Waals surface area contributed by atoms with Crippen LogP contribution in [-0.2, 0) is 0 Å². The Hall–Kier alpha value is -0.670. The molecule has 18 heavy (non-hydrogen) atoms. The molecule has 0 radical (unpaired) electrons. The number of rotatable bonds is 2. The van der Waals surface area contributed by atoms with Crippen molar-refractivity contribution in [1.29, 1.82) is 0 Å². The Morgan fingerprint density at radius 3 is 2.78 bits per heavy atom. The highest BCUT2D eigenvalue weighted by atomic mass is 79.9. The minimum Gasteiger partial charge on any atom is -0.294 e. The molecule has 92 valence electrons. The SMILES string of the molecule is O=C(c1csc2c(Br)cccc12)C1CC2CC2C1. The van der Waals surface area contributed by atoms with Crippen LogP contribution in [0.25, 0.3) is 10.1 Å². The van der Waals surface area contributed by atoms with Crippen molar-refractivity contribution in [3.8, 4) is 0 Å². The lowest BCUT2D eigenvalue weighted by molar-refractivity contribution is 0.0916. The van der Waals surface area contributed by atoms with E-state index in [1.807, 2.05) is 17.5 Å². The van der Waals surface area contributed by atoms with Crippen LogP contribution in [0.3, 0.4) is 0 Å². The van der Waals surface area contributed by atoms with Gasteiger partial charge in [-0.1, -0.05) is 12.1 Å². The largest absolute Gasteiger partial charge is 0.294 e. The Morgan fingerprint density at radius 2 is 2.00 bits per heavy atom. The van der Waals surface area contributed by atoms with Crippen molar-refractivity contribution < 1.29 is 4.79 Å². The Balaban J connectivity index is 1.73. The smallest absolute Gasteiger partial charge is 0.167 e. The van der Waals surface area contributed by atoms with Gasteiger partial charge >= 0.3 is 0 Å². The quantitative estimate of drug-likeness (QED) is 0.720. The van der Waals surface area contributed by atoms with Crippen molar-refractivity contribution in [2.75, 3.05) is 0 Å². The second-order valence-corrected chi connectivity index (χ2v) is 7.29. The van der Waals surface area contributed by atoms with Gasteiger partial charge in [-0.2, -0.15) is 0 Å². The summed E-state index contributed by atoms with van der Waals surface area (Å²) in [6.07, 6.45) is 3.64. The first-order chi connectivity index (χ1) is 8.74. The third-order valence-corrected chi connectivity index (χ3v) is 6.38. The summed E-state index contributed by atoms with van der Waals surface area (Å²) < 4.78 is 2.29. The standard InChI is InChI=1S/C15H13BrOS/c16-13-3-1-2-11-12(7-18-15(11)13)14(17)10-5-8-4-9(8)6-10/h1-3,7-10H,4-6H2. The maximum absolute atomic E-state index is 12.6. The van der Waals surface area contributed by atoms with E-state index in [1.54, 1.807) is 11.3 Å². The van der Waals surface area contributed by atoms with Gasteiger partial charge in [0.05, 0.1) is 0 Å². The molecule has 2 atom stereocenters. The van der Waals surface area contributed by atoms with Crippen LogP contribution in [0.15, 0.2) is 28.1 Å². The molecule has 1 aromatic carbocycles. The third kappa shape index (κ3) is 1.60. The highest BCUT2D eigenvalue weighted by Crippen LogP contribution is 2.55. The molecular weight excluding hydrogens is 308 g/mol. The summed E-state index contributed by atoms with van der Waals surface area (Å²) in [6.45, 7) is 0. The summed E-state index contributed by atoms with van der Waals surface area (Å²) in [5.41, 5.74) is 0.947. The monoisotopic (exact) mass is 320 g/mol. The fourth-order valence-corrected chi connectivity index (χ4v) is 4.97. The molecule has 0 bridgehead atoms. The van der Waals surface area contributed by atoms with Gasteiger partial charge in [-0.25, -0.2) is 0 Å². The van der Waals surface area contributed by atoms with Gasteiger partial charge in [0.25, 0.3) is 0 Å². The van der Waals surface area contributed by atoms with Gasteiger partial charge in [0, 0.05) is 31.4 Å². The minimum atomic E-state index is 0.297. The van der Waals surface area contributed by atoms with Crippen LogP contribution < -0.4 is 0 Å². The average molecular weight is 321 g/mol. The number of carbonyl (C=O) groups is 1. The summed E-state index contributed by atoms with van der Waals surface area (Å²) >= 11 is 5.23. The lowest BCUT2D eigenvalue weighted by atomic mass is 9.93. The fraction of sp³-hybridized carbons (Fsp3) is 0.400. The van der Waals surface area contributed by atoms with E-state index < -0.39 is 0 Å². The van der Waals surface area contributed by atoms with Crippen molar-refractivity contribution >= 4 is 43.1 Å². The van der Waals surface area contributed by atoms with Gasteiger partial charge in [0.2, 0.25) is 0 Å². The summed E-state index contributed by atoms with van der Waals surface area (Å²) in [6, 6.07) is 6.12. The van der Waals surface area contributed by atoms with E-state index in [-0.39, 0.29) is 0 Å². The first-order valence-electron chi connectivity index (χ1n) is 6.44. The number of hydrogen-bond acceptors (Lipinski definition) is 2. The highest BCUT2D eigenvalue weighted by molar-refractivity contribution is 9.10. The predicted octanol–water partition coefficient (Wildman–Crippen LogP) is 4.89. The zero-order valence-corrected chi connectivity index (χ0v) is 12.3. The van der Waals surface area contributed by atoms with E-state index in [0.29, 0.717) is 11.7 Å². The van der Waals surface area contributed by atoms with E-state index in [2.05, 4.69) is 22.0 Å². The van der Waals surface area contributed by atoms with Crippen LogP contribution in [0.1, 0.15) is 29.6 Å². The molecule has 0 aliphatic heterocycles. The van der Waals surface area contributed by atoms with Crippen molar-refractivity contribution in [2.24, 2.45) is 17.8 Å². The molecule has 2 fully saturated rings. The zero-order chi connectivity index (χ0) is 12.3. The number of hydrogen-bond donors (Lipinski definition) is 0. The van der Waals surface area contributed by atoms with Gasteiger partial charge in [-0.15, -0.1) is 11.3 Å². The molecule has 2 saturated carbocycles. The van der Waals surface area contributed by atoms with E-state index in [4.69, 9.17) is 0 Å². The van der Waals surface area contributed by atoms with Gasteiger partial charge in [0.15, 0.2) is 5.78 Å². The van der Waals surface area contributed by atoms with Crippen LogP contribution in [0.2, 0.25) is 0 Å². The molecule has 4 rings (SSSR count). The van der Waals surface area contributed by atoms with Crippen LogP contribution in [-0.4, -0.2) is 5.78 Å². The first-order valence-corrected chi connectivity index (χ1v) is 8.11. The first kappa shape index (κ1) is 11.2. The van der Waals surface area contributed by atoms with Crippen LogP contribution in [0, 0.1) is 17.8 Å². The third-order valence-electron chi connectivity index (χ3n) is 4.43. The van der Waals surface area contributed by atoms with Gasteiger partial charge in [0.1, 0.15) is 0 Å². The molecule has 2 aliphatic carbocycles. The van der Waals surface area contributed by atoms with Gasteiger partial charge in [-0.05, 0) is 53.1 Å². The van der Waals surface area contributed by atoms with Crippen molar-refractivity contribution in [3.05, 3.63) is 33.6 Å². The van der Waals surface area contributed by atoms with Crippen LogP contribution >= 0.6 is 27.3 Å². The van der Waals surface area contributed by atoms with Gasteiger partial charge in [-0.3, -0.25) is 4.79 Å². The maximum atomic E-state index is 12.6. The molecule has 0 N–H and O–H groups in total. The number of halogens is 1. The van der Waals surface area contributed by atoms with Crippen molar-refractivity contribution in [3.63, 3.8) is 0 Å². The van der Waals surface area contributed by atoms with E-state index in [9.17, 15) is 4.79 Å². The molecule has 3 heteroatoms. The summed E-state index contributed by atoms with van der Waals surface area (Å²) in [7, 11) is 0. The number of Topliss-reactive ketones (excluding diaryl/α,β-unsaturated/α-hetero) is 1. The fourth-order valence-electron chi connectivity index (χ4n) is 3.36. The number of fused-ring (bicyclic) bond motifs is 2. The topological polar surface area (TPSA) is 17.1 Å².